The summed E-state index contributed by atoms with van der Waals surface area (Å²) in [4.78, 5) is 13.7. The highest BCUT2D eigenvalue weighted by Crippen LogP contribution is 2.25. The Kier molecular flexibility index (Phi) is 3.51. The standard InChI is InChI=1S/C15H17N3O3/c1-11-14(19)13-9-17(7-8-18(13)16-11)15(20)21-10-12-5-3-2-4-6-12/h2-6,19H,7-10H2,1H3. The van der Waals surface area contributed by atoms with Crippen molar-refractivity contribution in [2.45, 2.75) is 26.6 Å². The summed E-state index contributed by atoms with van der Waals surface area (Å²) in [7, 11) is 0. The smallest absolute Gasteiger partial charge is 0.410 e. The molecule has 21 heavy (non-hydrogen) atoms. The monoisotopic (exact) mass is 287 g/mol. The van der Waals surface area contributed by atoms with Crippen molar-refractivity contribution in [1.82, 2.24) is 14.7 Å². The number of carbonyl (C=O) groups is 1. The number of amides is 1. The molecule has 0 atom stereocenters. The molecule has 1 amide bonds. The lowest BCUT2D eigenvalue weighted by Gasteiger charge is -2.27. The van der Waals surface area contributed by atoms with E-state index in [0.29, 0.717) is 31.0 Å². The van der Waals surface area contributed by atoms with Crippen LogP contribution in [0.4, 0.5) is 4.79 Å². The zero-order chi connectivity index (χ0) is 14.8. The SMILES string of the molecule is Cc1nn2c(c1O)CN(C(=O)OCc1ccccc1)CC2. The van der Waals surface area contributed by atoms with Crippen LogP contribution < -0.4 is 0 Å². The lowest BCUT2D eigenvalue weighted by Crippen LogP contribution is -2.38. The number of fused-ring (bicyclic) bond motifs is 1. The first kappa shape index (κ1) is 13.5. The summed E-state index contributed by atoms with van der Waals surface area (Å²) in [5, 5.41) is 14.2. The highest BCUT2D eigenvalue weighted by molar-refractivity contribution is 5.68. The first-order chi connectivity index (χ1) is 10.1. The van der Waals surface area contributed by atoms with Gasteiger partial charge >= 0.3 is 6.09 Å². The zero-order valence-corrected chi connectivity index (χ0v) is 11.8. The Labute approximate surface area is 122 Å². The van der Waals surface area contributed by atoms with Gasteiger partial charge in [-0.1, -0.05) is 30.3 Å². The summed E-state index contributed by atoms with van der Waals surface area (Å²) in [6, 6.07) is 9.55. The third-order valence-electron chi connectivity index (χ3n) is 3.58. The molecule has 0 spiro atoms. The van der Waals surface area contributed by atoms with E-state index in [9.17, 15) is 9.90 Å². The topological polar surface area (TPSA) is 67.6 Å². The van der Waals surface area contributed by atoms with Gasteiger partial charge in [0.25, 0.3) is 0 Å². The van der Waals surface area contributed by atoms with Gasteiger partial charge in [-0.15, -0.1) is 0 Å². The van der Waals surface area contributed by atoms with Gasteiger partial charge in [0.2, 0.25) is 0 Å². The Morgan fingerprint density at radius 1 is 1.33 bits per heavy atom. The van der Waals surface area contributed by atoms with Crippen LogP contribution in [0.1, 0.15) is 17.0 Å². The van der Waals surface area contributed by atoms with Crippen LogP contribution in [0, 0.1) is 6.92 Å². The van der Waals surface area contributed by atoms with Gasteiger partial charge in [-0.25, -0.2) is 4.79 Å². The molecule has 0 radical (unpaired) electrons. The van der Waals surface area contributed by atoms with Crippen molar-refractivity contribution < 1.29 is 14.6 Å². The van der Waals surface area contributed by atoms with Crippen LogP contribution in [-0.2, 0) is 24.4 Å². The molecule has 2 aromatic rings. The van der Waals surface area contributed by atoms with Gasteiger partial charge in [0.1, 0.15) is 18.0 Å². The molecule has 0 unspecified atom stereocenters. The van der Waals surface area contributed by atoms with E-state index in [0.717, 1.165) is 5.56 Å². The van der Waals surface area contributed by atoms with Crippen LogP contribution in [0.15, 0.2) is 30.3 Å². The van der Waals surface area contributed by atoms with Crippen molar-refractivity contribution in [2.24, 2.45) is 0 Å². The molecule has 110 valence electrons. The molecule has 0 saturated carbocycles. The fraction of sp³-hybridized carbons (Fsp3) is 0.333. The number of benzene rings is 1. The van der Waals surface area contributed by atoms with Gasteiger partial charge in [0.15, 0.2) is 5.75 Å². The van der Waals surface area contributed by atoms with Crippen LogP contribution >= 0.6 is 0 Å². The molecule has 1 aliphatic rings. The lowest BCUT2D eigenvalue weighted by molar-refractivity contribution is 0.0854. The van der Waals surface area contributed by atoms with E-state index < -0.39 is 0 Å². The summed E-state index contributed by atoms with van der Waals surface area (Å²) in [5.74, 6) is 0.163. The predicted octanol–water partition coefficient (Wildman–Crippen LogP) is 2.05. The molecule has 1 aromatic carbocycles. The molecule has 0 saturated heterocycles. The van der Waals surface area contributed by atoms with Crippen molar-refractivity contribution in [3.63, 3.8) is 0 Å². The average molecular weight is 287 g/mol. The molecular weight excluding hydrogens is 270 g/mol. The molecule has 6 nitrogen and oxygen atoms in total. The number of rotatable bonds is 2. The van der Waals surface area contributed by atoms with Gasteiger partial charge in [0, 0.05) is 6.54 Å². The van der Waals surface area contributed by atoms with Gasteiger partial charge in [0.05, 0.1) is 13.1 Å². The van der Waals surface area contributed by atoms with Gasteiger partial charge in [-0.3, -0.25) is 4.68 Å². The van der Waals surface area contributed by atoms with E-state index in [1.165, 1.54) is 0 Å². The Hall–Kier alpha value is -2.50. The van der Waals surface area contributed by atoms with Crippen molar-refractivity contribution in [3.8, 4) is 5.75 Å². The predicted molar refractivity (Wildman–Crippen MR) is 75.7 cm³/mol. The highest BCUT2D eigenvalue weighted by atomic mass is 16.6. The van der Waals surface area contributed by atoms with E-state index in [-0.39, 0.29) is 18.4 Å². The molecular formula is C15H17N3O3. The fourth-order valence-corrected chi connectivity index (χ4v) is 2.40. The van der Waals surface area contributed by atoms with E-state index in [2.05, 4.69) is 5.10 Å². The van der Waals surface area contributed by atoms with Crippen molar-refractivity contribution in [3.05, 3.63) is 47.3 Å². The summed E-state index contributed by atoms with van der Waals surface area (Å²) >= 11 is 0. The van der Waals surface area contributed by atoms with E-state index in [4.69, 9.17) is 4.74 Å². The summed E-state index contributed by atoms with van der Waals surface area (Å²) in [6.07, 6.45) is -0.372. The number of nitrogens with zero attached hydrogens (tertiary/aromatic N) is 3. The second-order valence-electron chi connectivity index (χ2n) is 5.07. The lowest BCUT2D eigenvalue weighted by atomic mass is 10.2. The molecule has 1 aromatic heterocycles. The number of aromatic nitrogens is 2. The minimum atomic E-state index is -0.372. The number of aryl methyl sites for hydroxylation is 1. The molecule has 0 fully saturated rings. The Morgan fingerprint density at radius 2 is 2.10 bits per heavy atom. The maximum atomic E-state index is 12.1. The van der Waals surface area contributed by atoms with E-state index >= 15 is 0 Å². The Balaban J connectivity index is 1.63. The third-order valence-corrected chi connectivity index (χ3v) is 3.58. The fourth-order valence-electron chi connectivity index (χ4n) is 2.40. The molecule has 6 heteroatoms. The molecule has 0 bridgehead atoms. The van der Waals surface area contributed by atoms with Crippen molar-refractivity contribution in [2.75, 3.05) is 6.54 Å². The maximum absolute atomic E-state index is 12.1. The third kappa shape index (κ3) is 2.69. The summed E-state index contributed by atoms with van der Waals surface area (Å²) in [6.45, 7) is 3.41. The second-order valence-corrected chi connectivity index (χ2v) is 5.07. The van der Waals surface area contributed by atoms with Crippen LogP contribution in [0.5, 0.6) is 5.75 Å². The van der Waals surface area contributed by atoms with E-state index in [1.54, 1.807) is 16.5 Å². The number of hydrogen-bond donors (Lipinski definition) is 1. The van der Waals surface area contributed by atoms with Gasteiger partial charge < -0.3 is 14.7 Å². The number of ether oxygens (including phenoxy) is 1. The molecule has 1 N–H and O–H groups in total. The van der Waals surface area contributed by atoms with Crippen LogP contribution in [0.25, 0.3) is 0 Å². The molecule has 3 rings (SSSR count). The Bertz CT molecular complexity index is 652. The molecule has 0 aliphatic carbocycles. The van der Waals surface area contributed by atoms with Crippen LogP contribution in [-0.4, -0.2) is 32.4 Å². The quantitative estimate of drug-likeness (QED) is 0.918. The summed E-state index contributed by atoms with van der Waals surface area (Å²) in [5.41, 5.74) is 2.20. The first-order valence-electron chi connectivity index (χ1n) is 6.86. The number of aromatic hydroxyl groups is 1. The average Bonchev–Trinajstić information content (AvgIpc) is 2.80. The highest BCUT2D eigenvalue weighted by Gasteiger charge is 2.26. The first-order valence-corrected chi connectivity index (χ1v) is 6.86. The largest absolute Gasteiger partial charge is 0.504 e. The minimum absolute atomic E-state index is 0.163. The number of carbonyl (C=O) groups excluding carboxylic acids is 1. The minimum Gasteiger partial charge on any atom is -0.504 e. The zero-order valence-electron chi connectivity index (χ0n) is 11.8. The normalized spacial score (nSPS) is 13.9. The second kappa shape index (κ2) is 5.47. The summed E-state index contributed by atoms with van der Waals surface area (Å²) < 4.78 is 7.05. The van der Waals surface area contributed by atoms with E-state index in [1.807, 2.05) is 30.3 Å². The van der Waals surface area contributed by atoms with Crippen molar-refractivity contribution >= 4 is 6.09 Å². The van der Waals surface area contributed by atoms with Crippen molar-refractivity contribution in [1.29, 1.82) is 0 Å². The van der Waals surface area contributed by atoms with Gasteiger partial charge in [-0.2, -0.15) is 5.10 Å². The molecule has 1 aliphatic heterocycles. The molecule has 2 heterocycles. The number of hydrogen-bond acceptors (Lipinski definition) is 4. The van der Waals surface area contributed by atoms with Gasteiger partial charge in [-0.05, 0) is 12.5 Å². The van der Waals surface area contributed by atoms with Crippen LogP contribution in [0.3, 0.4) is 0 Å². The van der Waals surface area contributed by atoms with Crippen LogP contribution in [0.2, 0.25) is 0 Å². The maximum Gasteiger partial charge on any atom is 0.410 e. The Morgan fingerprint density at radius 3 is 2.86 bits per heavy atom.